The molecular formula is C14H18N2O3. The molecule has 19 heavy (non-hydrogen) atoms. The van der Waals surface area contributed by atoms with Crippen LogP contribution in [-0.2, 0) is 0 Å². The van der Waals surface area contributed by atoms with Crippen molar-refractivity contribution in [3.8, 4) is 11.5 Å². The summed E-state index contributed by atoms with van der Waals surface area (Å²) >= 11 is 0. The van der Waals surface area contributed by atoms with Crippen molar-refractivity contribution in [3.05, 3.63) is 23.8 Å². The van der Waals surface area contributed by atoms with Gasteiger partial charge >= 0.3 is 0 Å². The number of para-hydroxylation sites is 1. The largest absolute Gasteiger partial charge is 0.504 e. The molecule has 0 radical (unpaired) electrons. The molecule has 102 valence electrons. The van der Waals surface area contributed by atoms with Crippen LogP contribution in [0, 0.1) is 5.92 Å². The third-order valence-electron chi connectivity index (χ3n) is 4.10. The first kappa shape index (κ1) is 12.3. The molecule has 3 rings (SSSR count). The van der Waals surface area contributed by atoms with Crippen molar-refractivity contribution in [2.45, 2.75) is 12.5 Å². The number of phenols is 1. The zero-order valence-corrected chi connectivity index (χ0v) is 10.9. The molecule has 1 aromatic rings. The van der Waals surface area contributed by atoms with E-state index in [1.54, 1.807) is 18.2 Å². The van der Waals surface area contributed by atoms with Crippen molar-refractivity contribution in [1.29, 1.82) is 0 Å². The van der Waals surface area contributed by atoms with Gasteiger partial charge in [0.05, 0.1) is 12.7 Å². The van der Waals surface area contributed by atoms with E-state index in [-0.39, 0.29) is 11.7 Å². The van der Waals surface area contributed by atoms with E-state index in [0.717, 1.165) is 26.1 Å². The van der Waals surface area contributed by atoms with Crippen LogP contribution >= 0.6 is 0 Å². The van der Waals surface area contributed by atoms with Crippen molar-refractivity contribution >= 4 is 5.91 Å². The Morgan fingerprint density at radius 2 is 2.32 bits per heavy atom. The molecule has 0 unspecified atom stereocenters. The number of carbonyl (C=O) groups excluding carboxylic acids is 1. The molecule has 2 aliphatic rings. The molecule has 2 heterocycles. The quantitative estimate of drug-likeness (QED) is 0.829. The lowest BCUT2D eigenvalue weighted by Gasteiger charge is -2.18. The number of rotatable bonds is 2. The van der Waals surface area contributed by atoms with E-state index in [0.29, 0.717) is 23.3 Å². The number of carbonyl (C=O) groups is 1. The number of ether oxygens (including phenoxy) is 1. The highest BCUT2D eigenvalue weighted by Crippen LogP contribution is 2.32. The third-order valence-corrected chi connectivity index (χ3v) is 4.10. The van der Waals surface area contributed by atoms with Crippen molar-refractivity contribution in [2.24, 2.45) is 5.92 Å². The van der Waals surface area contributed by atoms with E-state index in [1.165, 1.54) is 7.11 Å². The summed E-state index contributed by atoms with van der Waals surface area (Å²) in [5.74, 6) is 0.702. The number of hydrogen-bond donors (Lipinski definition) is 2. The number of nitrogens with zero attached hydrogens (tertiary/aromatic N) is 1. The molecule has 2 N–H and O–H groups in total. The Balaban J connectivity index is 1.81. The normalized spacial score (nSPS) is 25.4. The number of benzene rings is 1. The summed E-state index contributed by atoms with van der Waals surface area (Å²) in [4.78, 5) is 14.3. The number of phenolic OH excluding ortho intramolecular Hbond substituents is 1. The van der Waals surface area contributed by atoms with Crippen LogP contribution in [0.25, 0.3) is 0 Å². The highest BCUT2D eigenvalue weighted by Gasteiger charge is 2.38. The first-order chi connectivity index (χ1) is 9.20. The predicted molar refractivity (Wildman–Crippen MR) is 70.5 cm³/mol. The summed E-state index contributed by atoms with van der Waals surface area (Å²) in [7, 11) is 1.48. The average Bonchev–Trinajstić information content (AvgIpc) is 2.99. The van der Waals surface area contributed by atoms with Gasteiger partial charge in [0.2, 0.25) is 0 Å². The Morgan fingerprint density at radius 3 is 3.05 bits per heavy atom. The van der Waals surface area contributed by atoms with E-state index in [4.69, 9.17) is 4.74 Å². The summed E-state index contributed by atoms with van der Waals surface area (Å²) < 4.78 is 5.04. The maximum absolute atomic E-state index is 12.4. The van der Waals surface area contributed by atoms with Crippen LogP contribution in [0.5, 0.6) is 11.5 Å². The van der Waals surface area contributed by atoms with Crippen LogP contribution in [-0.4, -0.2) is 48.7 Å². The summed E-state index contributed by atoms with van der Waals surface area (Å²) in [6.07, 6.45) is 1.12. The third kappa shape index (κ3) is 2.04. The first-order valence-corrected chi connectivity index (χ1v) is 6.59. The van der Waals surface area contributed by atoms with Crippen LogP contribution < -0.4 is 10.1 Å². The Labute approximate surface area is 112 Å². The number of nitrogens with one attached hydrogen (secondary N) is 1. The topological polar surface area (TPSA) is 61.8 Å². The van der Waals surface area contributed by atoms with Gasteiger partial charge in [-0.2, -0.15) is 0 Å². The maximum Gasteiger partial charge on any atom is 0.257 e. The van der Waals surface area contributed by atoms with Crippen molar-refractivity contribution in [3.63, 3.8) is 0 Å². The monoisotopic (exact) mass is 262 g/mol. The average molecular weight is 262 g/mol. The molecule has 0 saturated carbocycles. The molecule has 2 fully saturated rings. The number of amides is 1. The van der Waals surface area contributed by atoms with Crippen molar-refractivity contribution in [1.82, 2.24) is 10.2 Å². The van der Waals surface area contributed by atoms with E-state index in [2.05, 4.69) is 5.32 Å². The molecule has 2 aliphatic heterocycles. The van der Waals surface area contributed by atoms with Crippen molar-refractivity contribution < 1.29 is 14.6 Å². The van der Waals surface area contributed by atoms with Gasteiger partial charge in [0, 0.05) is 19.1 Å². The lowest BCUT2D eigenvalue weighted by atomic mass is 10.1. The highest BCUT2D eigenvalue weighted by molar-refractivity contribution is 5.97. The van der Waals surface area contributed by atoms with E-state index in [1.807, 2.05) is 4.90 Å². The van der Waals surface area contributed by atoms with Crippen LogP contribution in [0.4, 0.5) is 0 Å². The number of likely N-dealkylation sites (tertiary alicyclic amines) is 1. The highest BCUT2D eigenvalue weighted by atomic mass is 16.5. The molecule has 2 atom stereocenters. The van der Waals surface area contributed by atoms with Gasteiger partial charge in [-0.3, -0.25) is 4.79 Å². The lowest BCUT2D eigenvalue weighted by molar-refractivity contribution is 0.0779. The van der Waals surface area contributed by atoms with E-state index >= 15 is 0 Å². The van der Waals surface area contributed by atoms with Gasteiger partial charge in [-0.05, 0) is 31.0 Å². The van der Waals surface area contributed by atoms with Crippen LogP contribution in [0.1, 0.15) is 16.8 Å². The fourth-order valence-corrected chi connectivity index (χ4v) is 3.04. The summed E-state index contributed by atoms with van der Waals surface area (Å²) in [6, 6.07) is 5.42. The lowest BCUT2D eigenvalue weighted by Crippen LogP contribution is -2.34. The van der Waals surface area contributed by atoms with Gasteiger partial charge in [-0.1, -0.05) is 6.07 Å². The van der Waals surface area contributed by atoms with Gasteiger partial charge in [0.25, 0.3) is 5.91 Å². The maximum atomic E-state index is 12.4. The smallest absolute Gasteiger partial charge is 0.257 e. The molecule has 0 bridgehead atoms. The second-order valence-corrected chi connectivity index (χ2v) is 5.18. The minimum Gasteiger partial charge on any atom is -0.504 e. The Hall–Kier alpha value is -1.75. The summed E-state index contributed by atoms with van der Waals surface area (Å²) in [5.41, 5.74) is 0.319. The zero-order chi connectivity index (χ0) is 13.4. The Morgan fingerprint density at radius 1 is 1.47 bits per heavy atom. The molecule has 5 nitrogen and oxygen atoms in total. The standard InChI is InChI=1S/C14H18N2O3/c1-19-12-4-2-3-10(13(12)17)14(18)16-7-9-5-6-15-11(9)8-16/h2-4,9,11,15,17H,5-8H2,1H3/t9-,11+/m0/s1. The van der Waals surface area contributed by atoms with Crippen LogP contribution in [0.2, 0.25) is 0 Å². The van der Waals surface area contributed by atoms with Gasteiger partial charge in [0.15, 0.2) is 11.5 Å². The summed E-state index contributed by atoms with van der Waals surface area (Å²) in [6.45, 7) is 2.54. The molecule has 1 aromatic carbocycles. The SMILES string of the molecule is COc1cccc(C(=O)N2C[C@@H]3CCN[C@@H]3C2)c1O. The van der Waals surface area contributed by atoms with E-state index in [9.17, 15) is 9.90 Å². The van der Waals surface area contributed by atoms with Crippen LogP contribution in [0.15, 0.2) is 18.2 Å². The molecule has 2 saturated heterocycles. The van der Waals surface area contributed by atoms with Gasteiger partial charge in [0.1, 0.15) is 0 Å². The summed E-state index contributed by atoms with van der Waals surface area (Å²) in [5, 5.41) is 13.4. The number of fused-ring (bicyclic) bond motifs is 1. The number of hydrogen-bond acceptors (Lipinski definition) is 4. The molecule has 5 heteroatoms. The fraction of sp³-hybridized carbons (Fsp3) is 0.500. The minimum absolute atomic E-state index is 0.0694. The zero-order valence-electron chi connectivity index (χ0n) is 10.9. The fourth-order valence-electron chi connectivity index (χ4n) is 3.04. The molecule has 0 aliphatic carbocycles. The van der Waals surface area contributed by atoms with Gasteiger partial charge in [-0.15, -0.1) is 0 Å². The molecule has 1 amide bonds. The predicted octanol–water partition coefficient (Wildman–Crippen LogP) is 0.835. The number of aromatic hydroxyl groups is 1. The second-order valence-electron chi connectivity index (χ2n) is 5.18. The van der Waals surface area contributed by atoms with Gasteiger partial charge < -0.3 is 20.1 Å². The number of methoxy groups -OCH3 is 1. The minimum atomic E-state index is -0.118. The second kappa shape index (κ2) is 4.74. The van der Waals surface area contributed by atoms with Crippen molar-refractivity contribution in [2.75, 3.05) is 26.7 Å². The molecular weight excluding hydrogens is 244 g/mol. The van der Waals surface area contributed by atoms with Gasteiger partial charge in [-0.25, -0.2) is 0 Å². The molecule has 0 spiro atoms. The van der Waals surface area contributed by atoms with Crippen LogP contribution in [0.3, 0.4) is 0 Å². The molecule has 0 aromatic heterocycles. The first-order valence-electron chi connectivity index (χ1n) is 6.59. The Bertz CT molecular complexity index is 491. The Kier molecular flexibility index (Phi) is 3.06. The van der Waals surface area contributed by atoms with E-state index < -0.39 is 0 Å².